The number of ether oxygens (including phenoxy) is 1. The quantitative estimate of drug-likeness (QED) is 0.633. The van der Waals surface area contributed by atoms with Gasteiger partial charge in [0.2, 0.25) is 0 Å². The molecule has 0 amide bonds. The molecule has 134 valence electrons. The van der Waals surface area contributed by atoms with Gasteiger partial charge in [-0.15, -0.1) is 0 Å². The van der Waals surface area contributed by atoms with Crippen LogP contribution in [0.1, 0.15) is 42.0 Å². The zero-order chi connectivity index (χ0) is 18.3. The molecule has 1 aromatic heterocycles. The summed E-state index contributed by atoms with van der Waals surface area (Å²) >= 11 is 0. The van der Waals surface area contributed by atoms with Gasteiger partial charge in [0.15, 0.2) is 0 Å². The van der Waals surface area contributed by atoms with Gasteiger partial charge in [-0.25, -0.2) is 0 Å². The normalized spacial score (nSPS) is 22.2. The van der Waals surface area contributed by atoms with Crippen molar-refractivity contribution in [2.45, 2.75) is 31.6 Å². The highest BCUT2D eigenvalue weighted by Gasteiger charge is 2.39. The maximum atomic E-state index is 12.2. The molecule has 0 saturated carbocycles. The number of rotatable bonds is 4. The van der Waals surface area contributed by atoms with Crippen molar-refractivity contribution in [2.75, 3.05) is 7.11 Å². The van der Waals surface area contributed by atoms with Gasteiger partial charge in [0.05, 0.1) is 7.11 Å². The monoisotopic (exact) mass is 347 g/mol. The molecule has 0 spiro atoms. The van der Waals surface area contributed by atoms with Crippen molar-refractivity contribution in [1.29, 1.82) is 0 Å². The minimum Gasteiger partial charge on any atom is -0.497 e. The Labute approximate surface area is 154 Å². The Morgan fingerprint density at radius 2 is 1.96 bits per heavy atom. The number of benzene rings is 2. The molecule has 1 aliphatic rings. The second-order valence-corrected chi connectivity index (χ2v) is 7.25. The first kappa shape index (κ1) is 16.9. The molecule has 3 heteroatoms. The minimum atomic E-state index is 0.00620. The van der Waals surface area contributed by atoms with E-state index in [4.69, 9.17) is 4.74 Å². The lowest BCUT2D eigenvalue weighted by molar-refractivity contribution is -0.112. The number of aldehydes is 1. The number of hydrogen-bond donors (Lipinski definition) is 0. The lowest BCUT2D eigenvalue weighted by Crippen LogP contribution is -2.29. The molecule has 0 radical (unpaired) electrons. The highest BCUT2D eigenvalue weighted by Crippen LogP contribution is 2.48. The third-order valence-electron chi connectivity index (χ3n) is 6.11. The number of carbonyl (C=O) groups is 1. The molecule has 3 atom stereocenters. The minimum absolute atomic E-state index is 0.00620. The van der Waals surface area contributed by atoms with Crippen LogP contribution < -0.4 is 4.74 Å². The highest BCUT2D eigenvalue weighted by atomic mass is 16.5. The summed E-state index contributed by atoms with van der Waals surface area (Å²) in [6.45, 7) is 2.19. The van der Waals surface area contributed by atoms with E-state index < -0.39 is 0 Å². The number of aryl methyl sites for hydroxylation is 1. The first-order chi connectivity index (χ1) is 12.7. The van der Waals surface area contributed by atoms with E-state index in [0.717, 1.165) is 18.6 Å². The SMILES string of the molecule is CC[C@@H]1c2c(n(C)c3ccc(OC)cc23)C[C@@H](c2ccccc2)[C@H]1C=O. The van der Waals surface area contributed by atoms with E-state index in [9.17, 15) is 4.79 Å². The Morgan fingerprint density at radius 3 is 2.62 bits per heavy atom. The summed E-state index contributed by atoms with van der Waals surface area (Å²) in [6.07, 6.45) is 3.04. The van der Waals surface area contributed by atoms with Crippen LogP contribution in [0.4, 0.5) is 0 Å². The Bertz CT molecular complexity index is 942. The lowest BCUT2D eigenvalue weighted by atomic mass is 9.67. The maximum Gasteiger partial charge on any atom is 0.124 e. The molecule has 0 N–H and O–H groups in total. The third kappa shape index (κ3) is 2.45. The molecule has 0 fully saturated rings. The van der Waals surface area contributed by atoms with Crippen LogP contribution in [0, 0.1) is 5.92 Å². The lowest BCUT2D eigenvalue weighted by Gasteiger charge is -2.36. The molecular weight excluding hydrogens is 322 g/mol. The number of methoxy groups -OCH3 is 1. The van der Waals surface area contributed by atoms with Gasteiger partial charge in [-0.2, -0.15) is 0 Å². The van der Waals surface area contributed by atoms with Crippen LogP contribution in [0.2, 0.25) is 0 Å². The number of hydrogen-bond acceptors (Lipinski definition) is 2. The van der Waals surface area contributed by atoms with Gasteiger partial charge in [-0.1, -0.05) is 37.3 Å². The van der Waals surface area contributed by atoms with E-state index >= 15 is 0 Å². The summed E-state index contributed by atoms with van der Waals surface area (Å²) in [6, 6.07) is 16.8. The van der Waals surface area contributed by atoms with Gasteiger partial charge in [0, 0.05) is 29.6 Å². The molecule has 0 saturated heterocycles. The van der Waals surface area contributed by atoms with Crippen molar-refractivity contribution in [1.82, 2.24) is 4.57 Å². The van der Waals surface area contributed by atoms with E-state index in [1.807, 2.05) is 12.1 Å². The van der Waals surface area contributed by atoms with E-state index in [1.165, 1.54) is 34.0 Å². The molecule has 0 aliphatic heterocycles. The van der Waals surface area contributed by atoms with Gasteiger partial charge < -0.3 is 14.1 Å². The fourth-order valence-electron chi connectivity index (χ4n) is 4.82. The summed E-state index contributed by atoms with van der Waals surface area (Å²) in [4.78, 5) is 12.2. The zero-order valence-corrected chi connectivity index (χ0v) is 15.6. The average Bonchev–Trinajstić information content (AvgIpc) is 2.98. The molecule has 0 bridgehead atoms. The molecule has 3 aromatic rings. The van der Waals surface area contributed by atoms with Crippen LogP contribution in [0.25, 0.3) is 10.9 Å². The Kier molecular flexibility index (Phi) is 4.31. The first-order valence-corrected chi connectivity index (χ1v) is 9.35. The van der Waals surface area contributed by atoms with Gasteiger partial charge >= 0.3 is 0 Å². The smallest absolute Gasteiger partial charge is 0.124 e. The summed E-state index contributed by atoms with van der Waals surface area (Å²) in [5.74, 6) is 1.34. The molecular formula is C23H25NO2. The zero-order valence-electron chi connectivity index (χ0n) is 15.6. The van der Waals surface area contributed by atoms with Crippen LogP contribution in [0.3, 0.4) is 0 Å². The molecule has 4 rings (SSSR count). The first-order valence-electron chi connectivity index (χ1n) is 9.35. The number of aromatic nitrogens is 1. The predicted molar refractivity (Wildman–Crippen MR) is 105 cm³/mol. The van der Waals surface area contributed by atoms with E-state index in [0.29, 0.717) is 0 Å². The van der Waals surface area contributed by atoms with E-state index in [-0.39, 0.29) is 17.8 Å². The van der Waals surface area contributed by atoms with Gasteiger partial charge in [-0.3, -0.25) is 0 Å². The standard InChI is InChI=1S/C23H25NO2/c1-4-17-20(14-25)18(15-8-6-5-7-9-15)13-22-23(17)19-12-16(26-3)10-11-21(19)24(22)2/h5-12,14,17-18,20H,4,13H2,1-3H3/t17-,18-,20-/m0/s1. The van der Waals surface area contributed by atoms with Crippen LogP contribution in [0.15, 0.2) is 48.5 Å². The molecule has 3 nitrogen and oxygen atoms in total. The summed E-state index contributed by atoms with van der Waals surface area (Å²) < 4.78 is 7.77. The summed E-state index contributed by atoms with van der Waals surface area (Å²) in [5.41, 5.74) is 5.17. The molecule has 0 unspecified atom stereocenters. The fourth-order valence-corrected chi connectivity index (χ4v) is 4.82. The largest absolute Gasteiger partial charge is 0.497 e. The number of nitrogens with zero attached hydrogens (tertiary/aromatic N) is 1. The predicted octanol–water partition coefficient (Wildman–Crippen LogP) is 4.84. The number of fused-ring (bicyclic) bond motifs is 3. The van der Waals surface area contributed by atoms with Crippen molar-refractivity contribution >= 4 is 17.2 Å². The van der Waals surface area contributed by atoms with Crippen molar-refractivity contribution in [3.8, 4) is 5.75 Å². The topological polar surface area (TPSA) is 31.2 Å². The van der Waals surface area contributed by atoms with Crippen LogP contribution in [-0.2, 0) is 18.3 Å². The molecule has 26 heavy (non-hydrogen) atoms. The maximum absolute atomic E-state index is 12.2. The van der Waals surface area contributed by atoms with Crippen LogP contribution >= 0.6 is 0 Å². The Morgan fingerprint density at radius 1 is 1.19 bits per heavy atom. The van der Waals surface area contributed by atoms with Crippen molar-refractivity contribution < 1.29 is 9.53 Å². The molecule has 2 aromatic carbocycles. The van der Waals surface area contributed by atoms with Gasteiger partial charge in [-0.05, 0) is 54.0 Å². The van der Waals surface area contributed by atoms with Crippen molar-refractivity contribution in [3.63, 3.8) is 0 Å². The Balaban J connectivity index is 1.94. The van der Waals surface area contributed by atoms with Crippen LogP contribution in [0.5, 0.6) is 5.75 Å². The van der Waals surface area contributed by atoms with Gasteiger partial charge in [0.1, 0.15) is 12.0 Å². The van der Waals surface area contributed by atoms with Crippen molar-refractivity contribution in [2.24, 2.45) is 13.0 Å². The third-order valence-corrected chi connectivity index (χ3v) is 6.11. The highest BCUT2D eigenvalue weighted by molar-refractivity contribution is 5.88. The summed E-state index contributed by atoms with van der Waals surface area (Å²) in [7, 11) is 3.84. The van der Waals surface area contributed by atoms with Crippen molar-refractivity contribution in [3.05, 3.63) is 65.4 Å². The van der Waals surface area contributed by atoms with Gasteiger partial charge in [0.25, 0.3) is 0 Å². The fraction of sp³-hybridized carbons (Fsp3) is 0.348. The van der Waals surface area contributed by atoms with E-state index in [1.54, 1.807) is 7.11 Å². The van der Waals surface area contributed by atoms with Crippen LogP contribution in [-0.4, -0.2) is 18.0 Å². The van der Waals surface area contributed by atoms with E-state index in [2.05, 4.69) is 54.9 Å². The average molecular weight is 347 g/mol. The number of carbonyl (C=O) groups excluding carboxylic acids is 1. The second kappa shape index (κ2) is 6.64. The Hall–Kier alpha value is -2.55. The summed E-state index contributed by atoms with van der Waals surface area (Å²) in [5, 5.41) is 1.23. The second-order valence-electron chi connectivity index (χ2n) is 7.25. The molecule has 1 heterocycles. The molecule has 1 aliphatic carbocycles.